The van der Waals surface area contributed by atoms with E-state index in [1.165, 1.54) is 12.2 Å². The number of sulfonamides is 1. The van der Waals surface area contributed by atoms with Crippen molar-refractivity contribution in [1.29, 1.82) is 0 Å². The lowest BCUT2D eigenvalue weighted by molar-refractivity contribution is -0.137. The summed E-state index contributed by atoms with van der Waals surface area (Å²) in [5.74, 6) is -0.0158. The van der Waals surface area contributed by atoms with Crippen molar-refractivity contribution >= 4 is 43.2 Å². The fourth-order valence-corrected chi connectivity index (χ4v) is 4.47. The Hall–Kier alpha value is -0.990. The molecule has 0 saturated heterocycles. The highest BCUT2D eigenvalue weighted by atomic mass is 79.9. The maximum atomic E-state index is 12.7. The largest absolute Gasteiger partial charge is 0.416 e. The predicted octanol–water partition coefficient (Wildman–Crippen LogP) is 5.30. The summed E-state index contributed by atoms with van der Waals surface area (Å²) in [5, 5.41) is -0.117. The van der Waals surface area contributed by atoms with E-state index >= 15 is 0 Å². The topological polar surface area (TPSA) is 46.2 Å². The fourth-order valence-electron chi connectivity index (χ4n) is 2.06. The Kier molecular flexibility index (Phi) is 5.18. The number of benzene rings is 1. The highest BCUT2D eigenvalue weighted by Gasteiger charge is 2.31. The van der Waals surface area contributed by atoms with E-state index in [4.69, 9.17) is 11.6 Å². The summed E-state index contributed by atoms with van der Waals surface area (Å²) in [6.45, 7) is 1.83. The molecule has 0 heterocycles. The van der Waals surface area contributed by atoms with Crippen LogP contribution in [0, 0.1) is 5.92 Å². The maximum absolute atomic E-state index is 12.7. The highest BCUT2D eigenvalue weighted by molar-refractivity contribution is 9.11. The van der Waals surface area contributed by atoms with Gasteiger partial charge in [0.2, 0.25) is 0 Å². The van der Waals surface area contributed by atoms with E-state index < -0.39 is 21.8 Å². The molecule has 0 saturated carbocycles. The summed E-state index contributed by atoms with van der Waals surface area (Å²) < 4.78 is 65.8. The molecule has 1 aliphatic carbocycles. The number of hydrogen-bond donors (Lipinski definition) is 1. The third-order valence-corrected chi connectivity index (χ3v) is 5.36. The van der Waals surface area contributed by atoms with Crippen LogP contribution in [0.15, 0.2) is 39.7 Å². The molecule has 1 aliphatic rings. The predicted molar refractivity (Wildman–Crippen MR) is 87.9 cm³/mol. The van der Waals surface area contributed by atoms with Gasteiger partial charge < -0.3 is 0 Å². The van der Waals surface area contributed by atoms with Gasteiger partial charge in [-0.2, -0.15) is 13.2 Å². The summed E-state index contributed by atoms with van der Waals surface area (Å²) >= 11 is 9.06. The summed E-state index contributed by atoms with van der Waals surface area (Å²) in [5.41, 5.74) is -1.30. The Labute approximate surface area is 145 Å². The summed E-state index contributed by atoms with van der Waals surface area (Å²) in [6.07, 6.45) is -0.978. The Morgan fingerprint density at radius 3 is 2.57 bits per heavy atom. The first kappa shape index (κ1) is 18.4. The molecule has 0 aromatic heterocycles. The first-order valence-electron chi connectivity index (χ1n) is 6.46. The average Bonchev–Trinajstić information content (AvgIpc) is 2.38. The first-order valence-corrected chi connectivity index (χ1v) is 9.12. The van der Waals surface area contributed by atoms with Crippen LogP contribution < -0.4 is 4.72 Å². The summed E-state index contributed by atoms with van der Waals surface area (Å²) in [7, 11) is -4.03. The van der Waals surface area contributed by atoms with Crippen molar-refractivity contribution in [1.82, 2.24) is 0 Å². The quantitative estimate of drug-likeness (QED) is 0.707. The highest BCUT2D eigenvalue weighted by Crippen LogP contribution is 2.35. The van der Waals surface area contributed by atoms with Crippen LogP contribution in [-0.4, -0.2) is 8.42 Å². The van der Waals surface area contributed by atoms with E-state index in [0.29, 0.717) is 17.0 Å². The molecular weight excluding hydrogens is 419 g/mol. The molecule has 0 amide bonds. The molecule has 3 nitrogen and oxygen atoms in total. The van der Waals surface area contributed by atoms with Gasteiger partial charge in [-0.3, -0.25) is 4.72 Å². The van der Waals surface area contributed by atoms with Crippen LogP contribution in [0.3, 0.4) is 0 Å². The van der Waals surface area contributed by atoms with Crippen LogP contribution in [0.25, 0.3) is 0 Å². The van der Waals surface area contributed by atoms with E-state index in [1.807, 2.05) is 6.92 Å². The van der Waals surface area contributed by atoms with Gasteiger partial charge in [-0.25, -0.2) is 8.42 Å². The second kappa shape index (κ2) is 6.49. The molecule has 0 bridgehead atoms. The zero-order chi connectivity index (χ0) is 17.4. The molecule has 0 spiro atoms. The standard InChI is InChI=1S/C14H12BrClF3NO2S/c1-8-4-10(15)7-11(5-8)23(21,22)20-13-6-9(14(17,18)19)2-3-12(13)16/h2-3,5-8,20H,4H2,1H3. The summed E-state index contributed by atoms with van der Waals surface area (Å²) in [4.78, 5) is -0.0170. The van der Waals surface area contributed by atoms with Crippen molar-refractivity contribution in [2.75, 3.05) is 4.72 Å². The van der Waals surface area contributed by atoms with Crippen LogP contribution in [0.1, 0.15) is 18.9 Å². The second-order valence-electron chi connectivity index (χ2n) is 5.14. The van der Waals surface area contributed by atoms with Gasteiger partial charge in [0.05, 0.1) is 21.2 Å². The van der Waals surface area contributed by atoms with E-state index in [0.717, 1.165) is 12.1 Å². The molecule has 1 unspecified atom stereocenters. The number of alkyl halides is 3. The van der Waals surface area contributed by atoms with E-state index in [2.05, 4.69) is 20.7 Å². The Balaban J connectivity index is 2.38. The van der Waals surface area contributed by atoms with Crippen LogP contribution in [0.5, 0.6) is 0 Å². The molecule has 0 aliphatic heterocycles. The van der Waals surface area contributed by atoms with Crippen molar-refractivity contribution in [2.45, 2.75) is 19.5 Å². The maximum Gasteiger partial charge on any atom is 0.416 e. The van der Waals surface area contributed by atoms with Gasteiger partial charge in [-0.05, 0) is 41.1 Å². The molecule has 9 heteroatoms. The molecule has 1 N–H and O–H groups in total. The molecule has 126 valence electrons. The van der Waals surface area contributed by atoms with Crippen LogP contribution in [0.4, 0.5) is 18.9 Å². The minimum atomic E-state index is -4.59. The SMILES string of the molecule is CC1C=C(S(=O)(=O)Nc2cc(C(F)(F)F)ccc2Cl)C=C(Br)C1. The first-order chi connectivity index (χ1) is 10.5. The van der Waals surface area contributed by atoms with Crippen LogP contribution >= 0.6 is 27.5 Å². The average molecular weight is 431 g/mol. The molecular formula is C14H12BrClF3NO2S. The molecule has 23 heavy (non-hydrogen) atoms. The third-order valence-electron chi connectivity index (χ3n) is 3.11. The Bertz CT molecular complexity index is 788. The molecule has 0 radical (unpaired) electrons. The van der Waals surface area contributed by atoms with Gasteiger partial charge in [-0.15, -0.1) is 0 Å². The zero-order valence-corrected chi connectivity index (χ0v) is 14.9. The molecule has 1 aromatic rings. The number of anilines is 1. The summed E-state index contributed by atoms with van der Waals surface area (Å²) in [6, 6.07) is 2.47. The van der Waals surface area contributed by atoms with Crippen molar-refractivity contribution < 1.29 is 21.6 Å². The normalized spacial score (nSPS) is 19.1. The van der Waals surface area contributed by atoms with Gasteiger partial charge in [-0.1, -0.05) is 40.5 Å². The van der Waals surface area contributed by atoms with E-state index in [-0.39, 0.29) is 21.5 Å². The molecule has 1 aromatic carbocycles. The third kappa shape index (κ3) is 4.51. The molecule has 0 fully saturated rings. The van der Waals surface area contributed by atoms with Gasteiger partial charge in [0.1, 0.15) is 0 Å². The number of hydrogen-bond acceptors (Lipinski definition) is 2. The van der Waals surface area contributed by atoms with Gasteiger partial charge in [0, 0.05) is 0 Å². The number of rotatable bonds is 3. The van der Waals surface area contributed by atoms with Crippen molar-refractivity contribution in [2.24, 2.45) is 5.92 Å². The van der Waals surface area contributed by atoms with Crippen LogP contribution in [-0.2, 0) is 16.2 Å². The van der Waals surface area contributed by atoms with E-state index in [9.17, 15) is 21.6 Å². The van der Waals surface area contributed by atoms with Gasteiger partial charge >= 0.3 is 6.18 Å². The lowest BCUT2D eigenvalue weighted by Gasteiger charge is -2.17. The number of nitrogens with one attached hydrogen (secondary N) is 1. The van der Waals surface area contributed by atoms with Gasteiger partial charge in [0.15, 0.2) is 0 Å². The number of allylic oxidation sites excluding steroid dienone is 3. The van der Waals surface area contributed by atoms with Crippen molar-refractivity contribution in [3.63, 3.8) is 0 Å². The van der Waals surface area contributed by atoms with Crippen LogP contribution in [0.2, 0.25) is 5.02 Å². The zero-order valence-electron chi connectivity index (χ0n) is 11.8. The minimum absolute atomic E-state index is 0.0158. The number of halogens is 5. The smallest absolute Gasteiger partial charge is 0.278 e. The Morgan fingerprint density at radius 2 is 2.00 bits per heavy atom. The Morgan fingerprint density at radius 1 is 1.35 bits per heavy atom. The monoisotopic (exact) mass is 429 g/mol. The fraction of sp³-hybridized carbons (Fsp3) is 0.286. The molecule has 1 atom stereocenters. The lowest BCUT2D eigenvalue weighted by atomic mass is 10.0. The molecule has 2 rings (SSSR count). The van der Waals surface area contributed by atoms with Crippen molar-refractivity contribution in [3.8, 4) is 0 Å². The van der Waals surface area contributed by atoms with E-state index in [1.54, 1.807) is 0 Å². The van der Waals surface area contributed by atoms with Crippen molar-refractivity contribution in [3.05, 3.63) is 50.3 Å². The lowest BCUT2D eigenvalue weighted by Crippen LogP contribution is -2.17. The van der Waals surface area contributed by atoms with Gasteiger partial charge in [0.25, 0.3) is 10.0 Å². The second-order valence-corrected chi connectivity index (χ2v) is 8.25. The minimum Gasteiger partial charge on any atom is -0.278 e.